The normalized spacial score (nSPS) is 10.1. The summed E-state index contributed by atoms with van der Waals surface area (Å²) < 4.78 is 5.60. The van der Waals surface area contributed by atoms with E-state index in [1.165, 1.54) is 6.07 Å². The molecule has 0 atom stereocenters. The number of primary amides is 1. The molecule has 108 valence electrons. The highest BCUT2D eigenvalue weighted by Gasteiger charge is 2.08. The molecule has 2 rings (SSSR count). The van der Waals surface area contributed by atoms with E-state index in [1.54, 1.807) is 37.3 Å². The molecule has 0 saturated carbocycles. The molecule has 0 aliphatic carbocycles. The minimum absolute atomic E-state index is 0.248. The Morgan fingerprint density at radius 2 is 1.95 bits per heavy atom. The number of carbonyl (C=O) groups is 2. The van der Waals surface area contributed by atoms with Gasteiger partial charge in [-0.25, -0.2) is 4.79 Å². The summed E-state index contributed by atoms with van der Waals surface area (Å²) >= 11 is 0. The van der Waals surface area contributed by atoms with Crippen LogP contribution in [0.2, 0.25) is 0 Å². The van der Waals surface area contributed by atoms with Crippen molar-refractivity contribution >= 4 is 11.9 Å². The maximum absolute atomic E-state index is 11.1. The van der Waals surface area contributed by atoms with Gasteiger partial charge < -0.3 is 15.6 Å². The average Bonchev–Trinajstić information content (AvgIpc) is 2.45. The fourth-order valence-corrected chi connectivity index (χ4v) is 1.95. The van der Waals surface area contributed by atoms with E-state index in [9.17, 15) is 9.59 Å². The predicted molar refractivity (Wildman–Crippen MR) is 77.4 cm³/mol. The molecule has 2 aromatic carbocycles. The predicted octanol–water partition coefficient (Wildman–Crippen LogP) is 2.37. The molecule has 0 spiro atoms. The van der Waals surface area contributed by atoms with Crippen LogP contribution in [-0.2, 0) is 6.61 Å². The van der Waals surface area contributed by atoms with Crippen LogP contribution in [0.15, 0.2) is 42.5 Å². The summed E-state index contributed by atoms with van der Waals surface area (Å²) in [5, 5.41) is 8.96. The number of ether oxygens (including phenoxy) is 1. The highest BCUT2D eigenvalue weighted by atomic mass is 16.5. The minimum Gasteiger partial charge on any atom is -0.489 e. The lowest BCUT2D eigenvalue weighted by molar-refractivity contribution is 0.0696. The Morgan fingerprint density at radius 3 is 2.57 bits per heavy atom. The van der Waals surface area contributed by atoms with Crippen molar-refractivity contribution in [3.8, 4) is 5.75 Å². The molecule has 0 unspecified atom stereocenters. The average molecular weight is 285 g/mol. The number of rotatable bonds is 5. The molecule has 21 heavy (non-hydrogen) atoms. The minimum atomic E-state index is -0.965. The van der Waals surface area contributed by atoms with Gasteiger partial charge in [0, 0.05) is 5.56 Å². The van der Waals surface area contributed by atoms with Gasteiger partial charge >= 0.3 is 5.97 Å². The molecule has 0 saturated heterocycles. The molecular weight excluding hydrogens is 270 g/mol. The third kappa shape index (κ3) is 3.60. The topological polar surface area (TPSA) is 89.6 Å². The lowest BCUT2D eigenvalue weighted by Gasteiger charge is -2.09. The second-order valence-electron chi connectivity index (χ2n) is 4.64. The van der Waals surface area contributed by atoms with Gasteiger partial charge in [-0.05, 0) is 48.4 Å². The van der Waals surface area contributed by atoms with Gasteiger partial charge in [-0.2, -0.15) is 0 Å². The maximum atomic E-state index is 11.1. The van der Waals surface area contributed by atoms with Gasteiger partial charge in [0.1, 0.15) is 12.4 Å². The number of carbonyl (C=O) groups excluding carboxylic acids is 1. The molecule has 0 aromatic heterocycles. The Labute approximate surface area is 122 Å². The van der Waals surface area contributed by atoms with Crippen LogP contribution in [-0.4, -0.2) is 17.0 Å². The zero-order chi connectivity index (χ0) is 15.4. The van der Waals surface area contributed by atoms with E-state index in [1.807, 2.05) is 6.07 Å². The smallest absolute Gasteiger partial charge is 0.335 e. The highest BCUT2D eigenvalue weighted by molar-refractivity contribution is 5.92. The number of aromatic carboxylic acids is 1. The van der Waals surface area contributed by atoms with E-state index in [0.29, 0.717) is 16.9 Å². The van der Waals surface area contributed by atoms with Gasteiger partial charge in [-0.1, -0.05) is 12.1 Å². The number of carboxylic acids is 1. The summed E-state index contributed by atoms with van der Waals surface area (Å²) in [7, 11) is 0. The first-order valence-electron chi connectivity index (χ1n) is 6.33. The molecule has 0 bridgehead atoms. The van der Waals surface area contributed by atoms with Crippen LogP contribution < -0.4 is 10.5 Å². The SMILES string of the molecule is Cc1cc(OCc2cccc(C(N)=O)c2)ccc1C(=O)O. The van der Waals surface area contributed by atoms with Crippen LogP contribution in [0.3, 0.4) is 0 Å². The third-order valence-electron chi connectivity index (χ3n) is 3.05. The number of aryl methyl sites for hydroxylation is 1. The standard InChI is InChI=1S/C16H15NO4/c1-10-7-13(5-6-14(10)16(19)20)21-9-11-3-2-4-12(8-11)15(17)18/h2-8H,9H2,1H3,(H2,17,18)(H,19,20). The van der Waals surface area contributed by atoms with E-state index in [0.717, 1.165) is 5.56 Å². The van der Waals surface area contributed by atoms with Crippen molar-refractivity contribution in [2.45, 2.75) is 13.5 Å². The van der Waals surface area contributed by atoms with Crippen LogP contribution in [0.4, 0.5) is 0 Å². The van der Waals surface area contributed by atoms with Crippen molar-refractivity contribution in [1.29, 1.82) is 0 Å². The van der Waals surface area contributed by atoms with Crippen molar-refractivity contribution < 1.29 is 19.4 Å². The number of hydrogen-bond acceptors (Lipinski definition) is 3. The molecule has 0 radical (unpaired) electrons. The molecule has 0 heterocycles. The Hall–Kier alpha value is -2.82. The molecule has 0 aliphatic rings. The lowest BCUT2D eigenvalue weighted by atomic mass is 10.1. The van der Waals surface area contributed by atoms with Crippen molar-refractivity contribution in [3.05, 3.63) is 64.7 Å². The zero-order valence-corrected chi connectivity index (χ0v) is 11.5. The van der Waals surface area contributed by atoms with Crippen molar-refractivity contribution in [2.75, 3.05) is 0 Å². The first-order valence-corrected chi connectivity index (χ1v) is 6.33. The largest absolute Gasteiger partial charge is 0.489 e. The van der Waals surface area contributed by atoms with Crippen molar-refractivity contribution in [3.63, 3.8) is 0 Å². The fraction of sp³-hybridized carbons (Fsp3) is 0.125. The van der Waals surface area contributed by atoms with Crippen LogP contribution in [0.1, 0.15) is 31.8 Å². The summed E-state index contributed by atoms with van der Waals surface area (Å²) in [6, 6.07) is 11.6. The fourth-order valence-electron chi connectivity index (χ4n) is 1.95. The number of amides is 1. The molecule has 0 aliphatic heterocycles. The van der Waals surface area contributed by atoms with E-state index < -0.39 is 11.9 Å². The zero-order valence-electron chi connectivity index (χ0n) is 11.5. The van der Waals surface area contributed by atoms with Crippen LogP contribution in [0.25, 0.3) is 0 Å². The Morgan fingerprint density at radius 1 is 1.19 bits per heavy atom. The second kappa shape index (κ2) is 6.09. The quantitative estimate of drug-likeness (QED) is 0.882. The Balaban J connectivity index is 2.10. The van der Waals surface area contributed by atoms with Crippen LogP contribution >= 0.6 is 0 Å². The van der Waals surface area contributed by atoms with Crippen LogP contribution in [0, 0.1) is 6.92 Å². The van der Waals surface area contributed by atoms with Gasteiger partial charge in [0.25, 0.3) is 0 Å². The van der Waals surface area contributed by atoms with Crippen LogP contribution in [0.5, 0.6) is 5.75 Å². The van der Waals surface area contributed by atoms with Gasteiger partial charge in [-0.3, -0.25) is 4.79 Å². The number of carboxylic acid groups (broad SMARTS) is 1. The van der Waals surface area contributed by atoms with E-state index >= 15 is 0 Å². The second-order valence-corrected chi connectivity index (χ2v) is 4.64. The molecule has 0 fully saturated rings. The Bertz CT molecular complexity index is 694. The summed E-state index contributed by atoms with van der Waals surface area (Å²) in [5.74, 6) is -0.881. The van der Waals surface area contributed by atoms with Gasteiger partial charge in [0.15, 0.2) is 0 Å². The van der Waals surface area contributed by atoms with Crippen molar-refractivity contribution in [2.24, 2.45) is 5.73 Å². The first kappa shape index (κ1) is 14.6. The molecule has 2 aromatic rings. The lowest BCUT2D eigenvalue weighted by Crippen LogP contribution is -2.11. The molecule has 5 nitrogen and oxygen atoms in total. The molecule has 1 amide bonds. The number of nitrogens with two attached hydrogens (primary N) is 1. The van der Waals surface area contributed by atoms with Gasteiger partial charge in [0.05, 0.1) is 5.56 Å². The first-order chi connectivity index (χ1) is 9.97. The number of benzene rings is 2. The maximum Gasteiger partial charge on any atom is 0.335 e. The Kier molecular flexibility index (Phi) is 4.23. The van der Waals surface area contributed by atoms with E-state index in [2.05, 4.69) is 0 Å². The summed E-state index contributed by atoms with van der Waals surface area (Å²) in [6.07, 6.45) is 0. The summed E-state index contributed by atoms with van der Waals surface area (Å²) in [6.45, 7) is 1.98. The van der Waals surface area contributed by atoms with Gasteiger partial charge in [-0.15, -0.1) is 0 Å². The summed E-state index contributed by atoms with van der Waals surface area (Å²) in [5.41, 5.74) is 7.33. The number of hydrogen-bond donors (Lipinski definition) is 2. The van der Waals surface area contributed by atoms with E-state index in [-0.39, 0.29) is 12.2 Å². The molecule has 3 N–H and O–H groups in total. The molecule has 5 heteroatoms. The third-order valence-corrected chi connectivity index (χ3v) is 3.05. The molecular formula is C16H15NO4. The van der Waals surface area contributed by atoms with E-state index in [4.69, 9.17) is 15.6 Å². The highest BCUT2D eigenvalue weighted by Crippen LogP contribution is 2.18. The summed E-state index contributed by atoms with van der Waals surface area (Å²) in [4.78, 5) is 22.0. The van der Waals surface area contributed by atoms with Crippen molar-refractivity contribution in [1.82, 2.24) is 0 Å². The monoisotopic (exact) mass is 285 g/mol. The van der Waals surface area contributed by atoms with Gasteiger partial charge in [0.2, 0.25) is 5.91 Å².